The van der Waals surface area contributed by atoms with E-state index in [2.05, 4.69) is 0 Å². The molecule has 3 N–H and O–H groups in total. The molecule has 0 aliphatic heterocycles. The Labute approximate surface area is 91.8 Å². The maximum Gasteiger partial charge on any atom is 0.301 e. The van der Waals surface area contributed by atoms with E-state index in [-0.39, 0.29) is 11.7 Å². The molecule has 0 atom stereocenters. The largest absolute Gasteiger partial charge is 0.426 e. The maximum absolute atomic E-state index is 11.1. The van der Waals surface area contributed by atoms with Crippen molar-refractivity contribution in [1.29, 1.82) is 0 Å². The van der Waals surface area contributed by atoms with Crippen LogP contribution in [0.2, 0.25) is 0 Å². The number of nitrogen functional groups attached to an aromatic ring is 1. The second-order valence-corrected chi connectivity index (χ2v) is 3.01. The molecular formula is C11H10N2O3. The molecule has 16 heavy (non-hydrogen) atoms. The summed E-state index contributed by atoms with van der Waals surface area (Å²) in [6.45, 7) is 0. The Morgan fingerprint density at radius 2 is 1.94 bits per heavy atom. The van der Waals surface area contributed by atoms with Crippen LogP contribution in [-0.4, -0.2) is 5.91 Å². The normalized spacial score (nSPS) is 9.81. The van der Waals surface area contributed by atoms with Crippen molar-refractivity contribution in [3.63, 3.8) is 0 Å². The first kappa shape index (κ1) is 10.3. The molecular weight excluding hydrogens is 208 g/mol. The molecule has 1 aromatic carbocycles. The minimum Gasteiger partial charge on any atom is -0.426 e. The summed E-state index contributed by atoms with van der Waals surface area (Å²) < 4.78 is 10.5. The van der Waals surface area contributed by atoms with Gasteiger partial charge in [-0.1, -0.05) is 18.2 Å². The molecule has 0 spiro atoms. The van der Waals surface area contributed by atoms with Crippen LogP contribution in [0.25, 0.3) is 0 Å². The van der Waals surface area contributed by atoms with Crippen LogP contribution in [0.1, 0.15) is 10.6 Å². The number of hydrogen-bond donors (Lipinski definition) is 2. The highest BCUT2D eigenvalue weighted by atomic mass is 16.6. The van der Waals surface area contributed by atoms with Crippen LogP contribution in [-0.2, 0) is 0 Å². The predicted octanol–water partition coefficient (Wildman–Crippen LogP) is 1.68. The van der Waals surface area contributed by atoms with Crippen LogP contribution in [0, 0.1) is 0 Å². The Kier molecular flexibility index (Phi) is 2.88. The average molecular weight is 218 g/mol. The minimum absolute atomic E-state index is 0.105. The van der Waals surface area contributed by atoms with Crippen LogP contribution in [0.4, 0.5) is 0 Å². The molecule has 0 radical (unpaired) electrons. The SMILES string of the molecule is NNC(=O)c1ccc(Oc2ccccc2)o1. The van der Waals surface area contributed by atoms with Gasteiger partial charge in [0.05, 0.1) is 0 Å². The Morgan fingerprint density at radius 3 is 2.62 bits per heavy atom. The molecule has 1 aromatic heterocycles. The van der Waals surface area contributed by atoms with Crippen LogP contribution in [0.3, 0.4) is 0 Å². The van der Waals surface area contributed by atoms with Crippen molar-refractivity contribution in [1.82, 2.24) is 5.43 Å². The van der Waals surface area contributed by atoms with E-state index in [0.717, 1.165) is 0 Å². The number of benzene rings is 1. The summed E-state index contributed by atoms with van der Waals surface area (Å²) in [5, 5.41) is 0. The summed E-state index contributed by atoms with van der Waals surface area (Å²) in [5.41, 5.74) is 1.97. The number of amides is 1. The lowest BCUT2D eigenvalue weighted by atomic mass is 10.3. The summed E-state index contributed by atoms with van der Waals surface area (Å²) in [6.07, 6.45) is 0. The molecule has 2 aromatic rings. The number of hydrogen-bond acceptors (Lipinski definition) is 4. The number of hydrazine groups is 1. The van der Waals surface area contributed by atoms with Crippen molar-refractivity contribution < 1.29 is 13.9 Å². The van der Waals surface area contributed by atoms with Crippen molar-refractivity contribution in [2.75, 3.05) is 0 Å². The lowest BCUT2D eigenvalue weighted by Crippen LogP contribution is -2.29. The Hall–Kier alpha value is -2.27. The van der Waals surface area contributed by atoms with E-state index in [1.165, 1.54) is 6.07 Å². The van der Waals surface area contributed by atoms with Crippen LogP contribution < -0.4 is 16.0 Å². The molecule has 0 aliphatic carbocycles. The van der Waals surface area contributed by atoms with E-state index < -0.39 is 5.91 Å². The molecule has 5 nitrogen and oxygen atoms in total. The summed E-state index contributed by atoms with van der Waals surface area (Å²) in [4.78, 5) is 11.1. The Balaban J connectivity index is 2.12. The van der Waals surface area contributed by atoms with E-state index in [4.69, 9.17) is 15.0 Å². The number of nitrogens with one attached hydrogen (secondary N) is 1. The smallest absolute Gasteiger partial charge is 0.301 e. The molecule has 5 heteroatoms. The third-order valence-electron chi connectivity index (χ3n) is 1.90. The lowest BCUT2D eigenvalue weighted by Gasteiger charge is -2.00. The molecule has 0 unspecified atom stereocenters. The second-order valence-electron chi connectivity index (χ2n) is 3.01. The molecule has 0 fully saturated rings. The van der Waals surface area contributed by atoms with Gasteiger partial charge < -0.3 is 9.15 Å². The van der Waals surface area contributed by atoms with Gasteiger partial charge in [-0.15, -0.1) is 0 Å². The summed E-state index contributed by atoms with van der Waals surface area (Å²) >= 11 is 0. The molecule has 0 bridgehead atoms. The lowest BCUT2D eigenvalue weighted by molar-refractivity contribution is 0.0921. The number of ether oxygens (including phenoxy) is 1. The number of nitrogens with two attached hydrogens (primary N) is 1. The van der Waals surface area contributed by atoms with Gasteiger partial charge in [0.2, 0.25) is 0 Å². The Morgan fingerprint density at radius 1 is 1.19 bits per heavy atom. The van der Waals surface area contributed by atoms with Gasteiger partial charge in [-0.05, 0) is 18.2 Å². The average Bonchev–Trinajstić information content (AvgIpc) is 2.78. The zero-order chi connectivity index (χ0) is 11.4. The second kappa shape index (κ2) is 4.50. The fourth-order valence-corrected chi connectivity index (χ4v) is 1.17. The first-order chi connectivity index (χ1) is 7.79. The molecule has 1 heterocycles. The number of para-hydroxylation sites is 1. The van der Waals surface area contributed by atoms with Gasteiger partial charge in [0.25, 0.3) is 5.95 Å². The molecule has 0 saturated heterocycles. The first-order valence-electron chi connectivity index (χ1n) is 4.63. The zero-order valence-corrected chi connectivity index (χ0v) is 8.34. The maximum atomic E-state index is 11.1. The first-order valence-corrected chi connectivity index (χ1v) is 4.63. The highest BCUT2D eigenvalue weighted by Gasteiger charge is 2.10. The van der Waals surface area contributed by atoms with E-state index in [0.29, 0.717) is 5.75 Å². The third-order valence-corrected chi connectivity index (χ3v) is 1.90. The van der Waals surface area contributed by atoms with Gasteiger partial charge in [-0.2, -0.15) is 0 Å². The number of furan rings is 1. The van der Waals surface area contributed by atoms with Gasteiger partial charge in [0, 0.05) is 6.07 Å². The van der Waals surface area contributed by atoms with Gasteiger partial charge >= 0.3 is 5.91 Å². The predicted molar refractivity (Wildman–Crippen MR) is 56.9 cm³/mol. The topological polar surface area (TPSA) is 77.5 Å². The van der Waals surface area contributed by atoms with E-state index in [9.17, 15) is 4.79 Å². The van der Waals surface area contributed by atoms with Crippen molar-refractivity contribution in [3.8, 4) is 11.7 Å². The highest BCUT2D eigenvalue weighted by molar-refractivity contribution is 5.91. The summed E-state index contributed by atoms with van der Waals surface area (Å²) in [6, 6.07) is 12.2. The minimum atomic E-state index is -0.497. The van der Waals surface area contributed by atoms with Gasteiger partial charge in [-0.3, -0.25) is 10.2 Å². The van der Waals surface area contributed by atoms with Gasteiger partial charge in [0.1, 0.15) is 5.75 Å². The van der Waals surface area contributed by atoms with Crippen molar-refractivity contribution in [2.24, 2.45) is 5.84 Å². The van der Waals surface area contributed by atoms with E-state index in [1.807, 2.05) is 23.6 Å². The molecule has 0 aliphatic rings. The van der Waals surface area contributed by atoms with Crippen molar-refractivity contribution >= 4 is 5.91 Å². The van der Waals surface area contributed by atoms with Crippen LogP contribution >= 0.6 is 0 Å². The molecule has 82 valence electrons. The van der Waals surface area contributed by atoms with Crippen LogP contribution in [0.15, 0.2) is 46.9 Å². The highest BCUT2D eigenvalue weighted by Crippen LogP contribution is 2.23. The number of carbonyl (C=O) groups excluding carboxylic acids is 1. The Bertz CT molecular complexity index is 479. The van der Waals surface area contributed by atoms with Crippen molar-refractivity contribution in [3.05, 3.63) is 48.2 Å². The monoisotopic (exact) mass is 218 g/mol. The fraction of sp³-hybridized carbons (Fsp3) is 0. The number of carbonyl (C=O) groups is 1. The molecule has 0 saturated carbocycles. The van der Waals surface area contributed by atoms with Crippen LogP contribution in [0.5, 0.6) is 11.7 Å². The van der Waals surface area contributed by atoms with E-state index in [1.54, 1.807) is 18.2 Å². The summed E-state index contributed by atoms with van der Waals surface area (Å²) in [7, 11) is 0. The molecule has 1 amide bonds. The zero-order valence-electron chi connectivity index (χ0n) is 8.34. The molecule has 2 rings (SSSR count). The third kappa shape index (κ3) is 2.21. The summed E-state index contributed by atoms with van der Waals surface area (Å²) in [5.74, 6) is 5.45. The van der Waals surface area contributed by atoms with Gasteiger partial charge in [-0.25, -0.2) is 5.84 Å². The van der Waals surface area contributed by atoms with Crippen molar-refractivity contribution in [2.45, 2.75) is 0 Å². The van der Waals surface area contributed by atoms with Gasteiger partial charge in [0.15, 0.2) is 5.76 Å². The van der Waals surface area contributed by atoms with E-state index >= 15 is 0 Å². The fourth-order valence-electron chi connectivity index (χ4n) is 1.17. The standard InChI is InChI=1S/C11H10N2O3/c12-13-11(14)9-6-7-10(16-9)15-8-4-2-1-3-5-8/h1-7H,12H2,(H,13,14). The number of rotatable bonds is 3. The quantitative estimate of drug-likeness (QED) is 0.466.